The third-order valence-corrected chi connectivity index (χ3v) is 3.35. The summed E-state index contributed by atoms with van der Waals surface area (Å²) < 4.78 is 5.43. The van der Waals surface area contributed by atoms with Crippen molar-refractivity contribution in [1.29, 1.82) is 0 Å². The Bertz CT molecular complexity index is 576. The number of ether oxygens (including phenoxy) is 1. The molecule has 1 fully saturated rings. The largest absolute Gasteiger partial charge is 0.494 e. The summed E-state index contributed by atoms with van der Waals surface area (Å²) in [5.74, 6) is 1.62. The molecule has 1 aromatic heterocycles. The van der Waals surface area contributed by atoms with Crippen LogP contribution in [0.2, 0.25) is 0 Å². The van der Waals surface area contributed by atoms with Crippen LogP contribution in [-0.2, 0) is 5.54 Å². The van der Waals surface area contributed by atoms with E-state index in [2.05, 4.69) is 9.97 Å². The van der Waals surface area contributed by atoms with Crippen LogP contribution in [0.3, 0.4) is 0 Å². The van der Waals surface area contributed by atoms with Gasteiger partial charge < -0.3 is 10.5 Å². The van der Waals surface area contributed by atoms with E-state index in [1.54, 1.807) is 6.20 Å². The van der Waals surface area contributed by atoms with Gasteiger partial charge in [0, 0.05) is 11.8 Å². The van der Waals surface area contributed by atoms with Crippen molar-refractivity contribution in [2.75, 3.05) is 6.61 Å². The molecule has 1 saturated carbocycles. The van der Waals surface area contributed by atoms with Gasteiger partial charge in [-0.1, -0.05) is 0 Å². The van der Waals surface area contributed by atoms with E-state index in [0.29, 0.717) is 6.61 Å². The molecule has 0 saturated heterocycles. The van der Waals surface area contributed by atoms with E-state index in [0.717, 1.165) is 35.7 Å². The Morgan fingerprint density at radius 1 is 1.21 bits per heavy atom. The van der Waals surface area contributed by atoms with Crippen molar-refractivity contribution < 1.29 is 4.74 Å². The summed E-state index contributed by atoms with van der Waals surface area (Å²) in [6, 6.07) is 9.83. The van der Waals surface area contributed by atoms with Crippen LogP contribution < -0.4 is 10.5 Å². The van der Waals surface area contributed by atoms with Crippen LogP contribution in [0, 0.1) is 0 Å². The Kier molecular flexibility index (Phi) is 2.95. The quantitative estimate of drug-likeness (QED) is 0.911. The fourth-order valence-electron chi connectivity index (χ4n) is 2.01. The maximum Gasteiger partial charge on any atom is 0.148 e. The Labute approximate surface area is 112 Å². The van der Waals surface area contributed by atoms with Gasteiger partial charge in [-0.2, -0.15) is 0 Å². The minimum absolute atomic E-state index is 0.290. The lowest BCUT2D eigenvalue weighted by atomic mass is 10.1. The lowest BCUT2D eigenvalue weighted by molar-refractivity contribution is 0.340. The molecule has 4 heteroatoms. The van der Waals surface area contributed by atoms with Gasteiger partial charge in [-0.3, -0.25) is 0 Å². The molecule has 98 valence electrons. The van der Waals surface area contributed by atoms with E-state index in [9.17, 15) is 0 Å². The Morgan fingerprint density at radius 2 is 1.95 bits per heavy atom. The van der Waals surface area contributed by atoms with Crippen molar-refractivity contribution >= 4 is 0 Å². The van der Waals surface area contributed by atoms with Crippen LogP contribution in [0.15, 0.2) is 36.5 Å². The highest BCUT2D eigenvalue weighted by Gasteiger charge is 2.43. The normalized spacial score (nSPS) is 16.1. The zero-order valence-electron chi connectivity index (χ0n) is 11.0. The molecule has 0 atom stereocenters. The fraction of sp³-hybridized carbons (Fsp3) is 0.333. The van der Waals surface area contributed by atoms with E-state index in [1.165, 1.54) is 0 Å². The molecular weight excluding hydrogens is 238 g/mol. The number of nitrogens with two attached hydrogens (primary N) is 1. The van der Waals surface area contributed by atoms with Gasteiger partial charge in [0.05, 0.1) is 17.8 Å². The van der Waals surface area contributed by atoms with Gasteiger partial charge in [-0.15, -0.1) is 0 Å². The van der Waals surface area contributed by atoms with Gasteiger partial charge in [0.1, 0.15) is 11.6 Å². The predicted molar refractivity (Wildman–Crippen MR) is 73.7 cm³/mol. The molecule has 4 nitrogen and oxygen atoms in total. The molecule has 0 aliphatic heterocycles. The molecule has 1 aliphatic rings. The minimum Gasteiger partial charge on any atom is -0.494 e. The van der Waals surface area contributed by atoms with E-state index in [1.807, 2.05) is 37.3 Å². The van der Waals surface area contributed by atoms with Crippen molar-refractivity contribution in [3.05, 3.63) is 42.4 Å². The molecule has 0 amide bonds. The molecule has 1 aliphatic carbocycles. The van der Waals surface area contributed by atoms with Crippen LogP contribution >= 0.6 is 0 Å². The van der Waals surface area contributed by atoms with Crippen LogP contribution in [-0.4, -0.2) is 16.6 Å². The van der Waals surface area contributed by atoms with Crippen molar-refractivity contribution in [3.8, 4) is 17.0 Å². The Balaban J connectivity index is 1.89. The molecular formula is C15H17N3O. The maximum absolute atomic E-state index is 6.13. The SMILES string of the molecule is CCOc1ccc(-c2ccnc(C3(N)CC3)n2)cc1. The van der Waals surface area contributed by atoms with Gasteiger partial charge in [-0.05, 0) is 50.1 Å². The number of nitrogens with zero attached hydrogens (tertiary/aromatic N) is 2. The highest BCUT2D eigenvalue weighted by Crippen LogP contribution is 2.40. The number of hydrogen-bond acceptors (Lipinski definition) is 4. The Morgan fingerprint density at radius 3 is 2.58 bits per heavy atom. The van der Waals surface area contributed by atoms with Crippen molar-refractivity contribution in [1.82, 2.24) is 9.97 Å². The molecule has 2 aromatic rings. The number of hydrogen-bond donors (Lipinski definition) is 1. The monoisotopic (exact) mass is 255 g/mol. The summed E-state index contributed by atoms with van der Waals surface area (Å²) in [5.41, 5.74) is 7.80. The van der Waals surface area contributed by atoms with Crippen molar-refractivity contribution in [3.63, 3.8) is 0 Å². The van der Waals surface area contributed by atoms with Gasteiger partial charge in [0.15, 0.2) is 0 Å². The van der Waals surface area contributed by atoms with E-state index in [-0.39, 0.29) is 5.54 Å². The molecule has 3 rings (SSSR count). The predicted octanol–water partition coefficient (Wildman–Crippen LogP) is 2.49. The average Bonchev–Trinajstić information content (AvgIpc) is 3.20. The summed E-state index contributed by atoms with van der Waals surface area (Å²) in [7, 11) is 0. The molecule has 19 heavy (non-hydrogen) atoms. The first kappa shape index (κ1) is 12.1. The number of aromatic nitrogens is 2. The van der Waals surface area contributed by atoms with Gasteiger partial charge in [-0.25, -0.2) is 9.97 Å². The zero-order valence-corrected chi connectivity index (χ0v) is 11.0. The van der Waals surface area contributed by atoms with Crippen LogP contribution in [0.1, 0.15) is 25.6 Å². The topological polar surface area (TPSA) is 61.0 Å². The lowest BCUT2D eigenvalue weighted by Crippen LogP contribution is -2.22. The average molecular weight is 255 g/mol. The van der Waals surface area contributed by atoms with Gasteiger partial charge in [0.2, 0.25) is 0 Å². The molecule has 2 N–H and O–H groups in total. The number of benzene rings is 1. The maximum atomic E-state index is 6.13. The zero-order chi connectivity index (χ0) is 13.3. The lowest BCUT2D eigenvalue weighted by Gasteiger charge is -2.09. The van der Waals surface area contributed by atoms with Crippen LogP contribution in [0.25, 0.3) is 11.3 Å². The molecule has 0 radical (unpaired) electrons. The summed E-state index contributed by atoms with van der Waals surface area (Å²) in [4.78, 5) is 8.86. The fourth-order valence-corrected chi connectivity index (χ4v) is 2.01. The van der Waals surface area contributed by atoms with E-state index in [4.69, 9.17) is 10.5 Å². The molecule has 1 aromatic carbocycles. The highest BCUT2D eigenvalue weighted by atomic mass is 16.5. The van der Waals surface area contributed by atoms with Gasteiger partial charge >= 0.3 is 0 Å². The van der Waals surface area contributed by atoms with E-state index < -0.39 is 0 Å². The molecule has 0 spiro atoms. The van der Waals surface area contributed by atoms with Crippen molar-refractivity contribution in [2.45, 2.75) is 25.3 Å². The smallest absolute Gasteiger partial charge is 0.148 e. The van der Waals surface area contributed by atoms with E-state index >= 15 is 0 Å². The van der Waals surface area contributed by atoms with Crippen molar-refractivity contribution in [2.24, 2.45) is 5.73 Å². The first-order chi connectivity index (χ1) is 9.21. The number of rotatable bonds is 4. The first-order valence-corrected chi connectivity index (χ1v) is 6.57. The molecule has 0 unspecified atom stereocenters. The standard InChI is InChI=1S/C15H17N3O/c1-2-19-12-5-3-11(4-6-12)13-7-10-17-14(18-13)15(16)8-9-15/h3-7,10H,2,8-9,16H2,1H3. The minimum atomic E-state index is -0.290. The third-order valence-electron chi connectivity index (χ3n) is 3.35. The molecule has 0 bridgehead atoms. The third kappa shape index (κ3) is 2.44. The van der Waals surface area contributed by atoms with Crippen LogP contribution in [0.5, 0.6) is 5.75 Å². The second kappa shape index (κ2) is 4.63. The summed E-state index contributed by atoms with van der Waals surface area (Å²) >= 11 is 0. The second-order valence-electron chi connectivity index (χ2n) is 4.88. The highest BCUT2D eigenvalue weighted by molar-refractivity contribution is 5.59. The summed E-state index contributed by atoms with van der Waals surface area (Å²) in [5, 5.41) is 0. The summed E-state index contributed by atoms with van der Waals surface area (Å²) in [6.45, 7) is 2.65. The summed E-state index contributed by atoms with van der Waals surface area (Å²) in [6.07, 6.45) is 3.72. The van der Waals surface area contributed by atoms with Crippen LogP contribution in [0.4, 0.5) is 0 Å². The first-order valence-electron chi connectivity index (χ1n) is 6.57. The van der Waals surface area contributed by atoms with Gasteiger partial charge in [0.25, 0.3) is 0 Å². The second-order valence-corrected chi connectivity index (χ2v) is 4.88. The molecule has 1 heterocycles. The Hall–Kier alpha value is -1.94.